The number of nitrogens with zero attached hydrogens (tertiary/aromatic N) is 2. The fourth-order valence-corrected chi connectivity index (χ4v) is 4.80. The Morgan fingerprint density at radius 2 is 1.67 bits per heavy atom. The van der Waals surface area contributed by atoms with Gasteiger partial charge in [-0.15, -0.1) is 0 Å². The molecule has 4 rings (SSSR count). The van der Waals surface area contributed by atoms with Gasteiger partial charge in [0.1, 0.15) is 0 Å². The van der Waals surface area contributed by atoms with Crippen molar-refractivity contribution in [1.82, 2.24) is 9.21 Å². The van der Waals surface area contributed by atoms with Crippen molar-refractivity contribution >= 4 is 32.7 Å². The molecule has 3 aromatic rings. The first-order valence-electron chi connectivity index (χ1n) is 9.42. The molecule has 0 spiro atoms. The van der Waals surface area contributed by atoms with Gasteiger partial charge in [0.2, 0.25) is 15.8 Å². The molecule has 8 nitrogen and oxygen atoms in total. The molecule has 2 aromatic carbocycles. The SMILES string of the molecule is O=C(OCC(=O)N1CCN(S(=O)(=O)c2ccc3ccccc3c2)CC1)c1ccco1. The molecule has 0 saturated carbocycles. The number of amides is 1. The summed E-state index contributed by atoms with van der Waals surface area (Å²) < 4.78 is 37.2. The number of carbonyl (C=O) groups excluding carboxylic acids is 2. The highest BCUT2D eigenvalue weighted by atomic mass is 32.2. The summed E-state index contributed by atoms with van der Waals surface area (Å²) in [6.07, 6.45) is 1.34. The Labute approximate surface area is 173 Å². The van der Waals surface area contributed by atoms with Crippen molar-refractivity contribution in [3.63, 3.8) is 0 Å². The van der Waals surface area contributed by atoms with Gasteiger partial charge in [-0.2, -0.15) is 4.31 Å². The van der Waals surface area contributed by atoms with E-state index in [9.17, 15) is 18.0 Å². The van der Waals surface area contributed by atoms with Crippen LogP contribution in [0, 0.1) is 0 Å². The lowest BCUT2D eigenvalue weighted by Crippen LogP contribution is -2.51. The van der Waals surface area contributed by atoms with E-state index in [4.69, 9.17) is 9.15 Å². The molecule has 9 heteroatoms. The molecule has 1 aliphatic heterocycles. The third-order valence-corrected chi connectivity index (χ3v) is 6.89. The van der Waals surface area contributed by atoms with Gasteiger partial charge >= 0.3 is 5.97 Å². The summed E-state index contributed by atoms with van der Waals surface area (Å²) in [6, 6.07) is 15.6. The van der Waals surface area contributed by atoms with E-state index in [2.05, 4.69) is 0 Å². The maximum absolute atomic E-state index is 13.0. The summed E-state index contributed by atoms with van der Waals surface area (Å²) in [7, 11) is -3.66. The van der Waals surface area contributed by atoms with Gasteiger partial charge in [-0.25, -0.2) is 13.2 Å². The zero-order valence-corrected chi connectivity index (χ0v) is 16.9. The second-order valence-corrected chi connectivity index (χ2v) is 8.79. The van der Waals surface area contributed by atoms with Crippen LogP contribution >= 0.6 is 0 Å². The van der Waals surface area contributed by atoms with Crippen LogP contribution in [0.3, 0.4) is 0 Å². The molecule has 30 heavy (non-hydrogen) atoms. The third kappa shape index (κ3) is 4.07. The van der Waals surface area contributed by atoms with Crippen LogP contribution in [0.5, 0.6) is 0 Å². The average Bonchev–Trinajstić information content (AvgIpc) is 3.32. The molecule has 1 fully saturated rings. The second kappa shape index (κ2) is 8.29. The zero-order chi connectivity index (χ0) is 21.1. The number of fused-ring (bicyclic) bond motifs is 1. The van der Waals surface area contributed by atoms with Gasteiger partial charge in [0.15, 0.2) is 6.61 Å². The minimum absolute atomic E-state index is 0.0223. The van der Waals surface area contributed by atoms with Crippen LogP contribution in [0.1, 0.15) is 10.6 Å². The first-order valence-corrected chi connectivity index (χ1v) is 10.9. The Kier molecular flexibility index (Phi) is 5.56. The van der Waals surface area contributed by atoms with E-state index in [0.29, 0.717) is 0 Å². The van der Waals surface area contributed by atoms with Crippen LogP contribution in [-0.2, 0) is 19.6 Å². The molecule has 0 bridgehead atoms. The van der Waals surface area contributed by atoms with E-state index in [1.807, 2.05) is 24.3 Å². The third-order valence-electron chi connectivity index (χ3n) is 5.00. The van der Waals surface area contributed by atoms with Crippen LogP contribution in [0.15, 0.2) is 70.2 Å². The van der Waals surface area contributed by atoms with Crippen LogP contribution in [0.2, 0.25) is 0 Å². The van der Waals surface area contributed by atoms with Gasteiger partial charge in [0.25, 0.3) is 5.91 Å². The Morgan fingerprint density at radius 3 is 2.37 bits per heavy atom. The summed E-state index contributed by atoms with van der Waals surface area (Å²) in [5.41, 5.74) is 0. The van der Waals surface area contributed by atoms with Gasteiger partial charge in [0, 0.05) is 26.2 Å². The van der Waals surface area contributed by atoms with E-state index in [-0.39, 0.29) is 42.7 Å². The van der Waals surface area contributed by atoms with Crippen LogP contribution < -0.4 is 0 Å². The maximum atomic E-state index is 13.0. The fraction of sp³-hybridized carbons (Fsp3) is 0.238. The van der Waals surface area contributed by atoms with Crippen molar-refractivity contribution in [3.8, 4) is 0 Å². The summed E-state index contributed by atoms with van der Waals surface area (Å²) >= 11 is 0. The Balaban J connectivity index is 1.36. The largest absolute Gasteiger partial charge is 0.457 e. The fourth-order valence-electron chi connectivity index (χ4n) is 3.34. The molecule has 0 radical (unpaired) electrons. The summed E-state index contributed by atoms with van der Waals surface area (Å²) in [4.78, 5) is 25.8. The molecule has 0 N–H and O–H groups in total. The highest BCUT2D eigenvalue weighted by Crippen LogP contribution is 2.23. The molecule has 0 aliphatic carbocycles. The quantitative estimate of drug-likeness (QED) is 0.578. The summed E-state index contributed by atoms with van der Waals surface area (Å²) in [5.74, 6) is -1.07. The Bertz CT molecular complexity index is 1170. The molecule has 0 unspecified atom stereocenters. The number of hydrogen-bond acceptors (Lipinski definition) is 6. The first kappa shape index (κ1) is 20.1. The smallest absolute Gasteiger partial charge is 0.374 e. The van der Waals surface area contributed by atoms with E-state index < -0.39 is 22.6 Å². The maximum Gasteiger partial charge on any atom is 0.374 e. The number of ether oxygens (including phenoxy) is 1. The number of carbonyl (C=O) groups is 2. The van der Waals surface area contributed by atoms with Crippen molar-refractivity contribution in [2.75, 3.05) is 32.8 Å². The van der Waals surface area contributed by atoms with E-state index >= 15 is 0 Å². The van der Waals surface area contributed by atoms with Crippen molar-refractivity contribution in [3.05, 3.63) is 66.6 Å². The number of esters is 1. The highest BCUT2D eigenvalue weighted by Gasteiger charge is 2.30. The molecular formula is C21H20N2O6S. The zero-order valence-electron chi connectivity index (χ0n) is 16.1. The van der Waals surface area contributed by atoms with Crippen molar-refractivity contribution in [1.29, 1.82) is 0 Å². The summed E-state index contributed by atoms with van der Waals surface area (Å²) in [6.45, 7) is 0.380. The highest BCUT2D eigenvalue weighted by molar-refractivity contribution is 7.89. The average molecular weight is 428 g/mol. The van der Waals surface area contributed by atoms with Crippen molar-refractivity contribution < 1.29 is 27.2 Å². The standard InChI is InChI=1S/C21H20N2O6S/c24-20(15-29-21(25)19-6-3-13-28-19)22-9-11-23(12-10-22)30(26,27)18-8-7-16-4-1-2-5-17(16)14-18/h1-8,13-14H,9-12,15H2. The van der Waals surface area contributed by atoms with Gasteiger partial charge in [-0.3, -0.25) is 4.79 Å². The number of benzene rings is 2. The predicted octanol–water partition coefficient (Wildman–Crippen LogP) is 2.12. The molecule has 1 amide bonds. The lowest BCUT2D eigenvalue weighted by atomic mass is 10.1. The molecule has 2 heterocycles. The number of furan rings is 1. The van der Waals surface area contributed by atoms with Crippen molar-refractivity contribution in [2.45, 2.75) is 4.90 Å². The van der Waals surface area contributed by atoms with Crippen molar-refractivity contribution in [2.24, 2.45) is 0 Å². The minimum atomic E-state index is -3.66. The second-order valence-electron chi connectivity index (χ2n) is 6.85. The molecular weight excluding hydrogens is 408 g/mol. The minimum Gasteiger partial charge on any atom is -0.457 e. The molecule has 1 aromatic heterocycles. The number of sulfonamides is 1. The van der Waals surface area contributed by atoms with E-state index in [0.717, 1.165) is 10.8 Å². The van der Waals surface area contributed by atoms with E-state index in [1.54, 1.807) is 24.3 Å². The number of piperazine rings is 1. The van der Waals surface area contributed by atoms with Gasteiger partial charge in [-0.1, -0.05) is 30.3 Å². The Hall–Kier alpha value is -3.17. The predicted molar refractivity (Wildman–Crippen MR) is 108 cm³/mol. The molecule has 156 valence electrons. The lowest BCUT2D eigenvalue weighted by molar-refractivity contribution is -0.135. The number of hydrogen-bond donors (Lipinski definition) is 0. The monoisotopic (exact) mass is 428 g/mol. The first-order chi connectivity index (χ1) is 14.4. The van der Waals surface area contributed by atoms with Gasteiger partial charge in [-0.05, 0) is 35.0 Å². The van der Waals surface area contributed by atoms with Gasteiger partial charge in [0.05, 0.1) is 11.2 Å². The number of rotatable bonds is 5. The van der Waals surface area contributed by atoms with Crippen LogP contribution in [0.25, 0.3) is 10.8 Å². The Morgan fingerprint density at radius 1 is 0.933 bits per heavy atom. The molecule has 1 saturated heterocycles. The lowest BCUT2D eigenvalue weighted by Gasteiger charge is -2.33. The summed E-state index contributed by atoms with van der Waals surface area (Å²) in [5, 5.41) is 1.82. The van der Waals surface area contributed by atoms with Gasteiger partial charge < -0.3 is 14.1 Å². The topological polar surface area (TPSA) is 97.1 Å². The van der Waals surface area contributed by atoms with Crippen LogP contribution in [-0.4, -0.2) is 62.3 Å². The normalized spacial score (nSPS) is 15.3. The molecule has 0 atom stereocenters. The van der Waals surface area contributed by atoms with E-state index in [1.165, 1.54) is 21.5 Å². The van der Waals surface area contributed by atoms with Crippen LogP contribution in [0.4, 0.5) is 0 Å². The molecule has 1 aliphatic rings.